The van der Waals surface area contributed by atoms with Crippen LogP contribution >= 0.6 is 11.6 Å². The van der Waals surface area contributed by atoms with Crippen LogP contribution in [0.15, 0.2) is 66.7 Å². The topological polar surface area (TPSA) is 49.4 Å². The SMILES string of the molecule is O=C(Nc1ccc(F)c(Cl)c1)[C@@H]1c2ccccc2C(=O)N2CCc3ccccc3[C@@H]12. The van der Waals surface area contributed by atoms with Crippen molar-refractivity contribution in [2.24, 2.45) is 0 Å². The van der Waals surface area contributed by atoms with Crippen molar-refractivity contribution in [1.82, 2.24) is 4.90 Å². The van der Waals surface area contributed by atoms with Gasteiger partial charge in [0, 0.05) is 17.8 Å². The Kier molecular flexibility index (Phi) is 4.55. The first-order chi connectivity index (χ1) is 14.5. The average Bonchev–Trinajstić information content (AvgIpc) is 2.76. The van der Waals surface area contributed by atoms with Crippen molar-refractivity contribution in [3.05, 3.63) is 99.8 Å². The standard InChI is InChI=1S/C24H18ClFN2O2/c25-19-13-15(9-10-20(19)26)27-23(29)21-17-7-3-4-8-18(17)24(30)28-12-11-14-5-1-2-6-16(14)22(21)28/h1-10,13,21-22H,11-12H2,(H,27,29)/t21-,22+/m1/s1. The van der Waals surface area contributed by atoms with Crippen LogP contribution < -0.4 is 5.32 Å². The van der Waals surface area contributed by atoms with E-state index >= 15 is 0 Å². The third-order valence-electron chi connectivity index (χ3n) is 5.90. The predicted octanol–water partition coefficient (Wildman–Crippen LogP) is 4.95. The molecule has 2 aliphatic rings. The van der Waals surface area contributed by atoms with Gasteiger partial charge in [0.05, 0.1) is 17.0 Å². The van der Waals surface area contributed by atoms with Gasteiger partial charge in [-0.05, 0) is 47.4 Å². The summed E-state index contributed by atoms with van der Waals surface area (Å²) in [4.78, 5) is 28.5. The molecule has 0 saturated carbocycles. The summed E-state index contributed by atoms with van der Waals surface area (Å²) in [5, 5.41) is 2.81. The molecule has 0 bridgehead atoms. The molecule has 0 saturated heterocycles. The van der Waals surface area contributed by atoms with Crippen LogP contribution in [0, 0.1) is 5.82 Å². The maximum absolute atomic E-state index is 13.5. The lowest BCUT2D eigenvalue weighted by Crippen LogP contribution is -2.49. The van der Waals surface area contributed by atoms with Crippen LogP contribution in [0.1, 0.15) is 39.0 Å². The summed E-state index contributed by atoms with van der Waals surface area (Å²) in [6, 6.07) is 18.9. The first kappa shape index (κ1) is 18.8. The molecule has 1 N–H and O–H groups in total. The van der Waals surface area contributed by atoms with E-state index in [1.807, 2.05) is 42.5 Å². The van der Waals surface area contributed by atoms with Crippen LogP contribution in [0.4, 0.5) is 10.1 Å². The molecule has 0 radical (unpaired) electrons. The molecule has 30 heavy (non-hydrogen) atoms. The van der Waals surface area contributed by atoms with Gasteiger partial charge in [0.1, 0.15) is 5.82 Å². The van der Waals surface area contributed by atoms with Gasteiger partial charge < -0.3 is 10.2 Å². The van der Waals surface area contributed by atoms with Crippen molar-refractivity contribution in [3.63, 3.8) is 0 Å². The van der Waals surface area contributed by atoms with Gasteiger partial charge in [-0.15, -0.1) is 0 Å². The second kappa shape index (κ2) is 7.26. The van der Waals surface area contributed by atoms with E-state index in [4.69, 9.17) is 11.6 Å². The summed E-state index contributed by atoms with van der Waals surface area (Å²) in [6.07, 6.45) is 0.752. The molecule has 2 heterocycles. The minimum atomic E-state index is -0.593. The van der Waals surface area contributed by atoms with Crippen LogP contribution in [-0.2, 0) is 11.2 Å². The molecule has 0 unspecified atom stereocenters. The summed E-state index contributed by atoms with van der Waals surface area (Å²) in [5.74, 6) is -1.46. The lowest BCUT2D eigenvalue weighted by atomic mass is 9.76. The van der Waals surface area contributed by atoms with Crippen molar-refractivity contribution in [3.8, 4) is 0 Å². The normalized spacial score (nSPS) is 19.5. The number of carbonyl (C=O) groups excluding carboxylic acids is 2. The molecule has 4 nitrogen and oxygen atoms in total. The summed E-state index contributed by atoms with van der Waals surface area (Å²) >= 11 is 5.88. The highest BCUT2D eigenvalue weighted by Gasteiger charge is 2.46. The Morgan fingerprint density at radius 1 is 1.03 bits per heavy atom. The van der Waals surface area contributed by atoms with Crippen LogP contribution in [-0.4, -0.2) is 23.3 Å². The van der Waals surface area contributed by atoms with E-state index in [9.17, 15) is 14.0 Å². The van der Waals surface area contributed by atoms with Crippen molar-refractivity contribution >= 4 is 29.1 Å². The van der Waals surface area contributed by atoms with Gasteiger partial charge >= 0.3 is 0 Å². The third-order valence-corrected chi connectivity index (χ3v) is 6.19. The van der Waals surface area contributed by atoms with Crippen molar-refractivity contribution in [2.75, 3.05) is 11.9 Å². The number of fused-ring (bicyclic) bond motifs is 4. The summed E-state index contributed by atoms with van der Waals surface area (Å²) in [7, 11) is 0. The molecule has 3 aromatic carbocycles. The van der Waals surface area contributed by atoms with E-state index in [0.29, 0.717) is 23.4 Å². The average molecular weight is 421 g/mol. The molecule has 3 aromatic rings. The fraction of sp³-hybridized carbons (Fsp3) is 0.167. The molecule has 2 aliphatic heterocycles. The molecule has 2 atom stereocenters. The minimum absolute atomic E-state index is 0.0565. The maximum atomic E-state index is 13.5. The van der Waals surface area contributed by atoms with Crippen LogP contribution in [0.5, 0.6) is 0 Å². The molecule has 0 aliphatic carbocycles. The quantitative estimate of drug-likeness (QED) is 0.637. The Bertz CT molecular complexity index is 1180. The summed E-state index contributed by atoms with van der Waals surface area (Å²) in [5.41, 5.74) is 3.80. The Balaban J connectivity index is 1.62. The molecule has 6 heteroatoms. The van der Waals surface area contributed by atoms with Gasteiger partial charge in [-0.25, -0.2) is 4.39 Å². The summed E-state index contributed by atoms with van der Waals surface area (Å²) < 4.78 is 13.5. The van der Waals surface area contributed by atoms with Crippen molar-refractivity contribution in [2.45, 2.75) is 18.4 Å². The number of nitrogens with one attached hydrogen (secondary N) is 1. The number of carbonyl (C=O) groups is 2. The van der Waals surface area contributed by atoms with Crippen LogP contribution in [0.2, 0.25) is 5.02 Å². The molecule has 150 valence electrons. The Hall–Kier alpha value is -3.18. The highest BCUT2D eigenvalue weighted by atomic mass is 35.5. The van der Waals surface area contributed by atoms with E-state index in [1.54, 1.807) is 11.0 Å². The second-order valence-electron chi connectivity index (χ2n) is 7.58. The van der Waals surface area contributed by atoms with Gasteiger partial charge in [-0.2, -0.15) is 0 Å². The van der Waals surface area contributed by atoms with Gasteiger partial charge in [-0.1, -0.05) is 54.1 Å². The minimum Gasteiger partial charge on any atom is -0.330 e. The van der Waals surface area contributed by atoms with Crippen molar-refractivity contribution < 1.29 is 14.0 Å². The van der Waals surface area contributed by atoms with Gasteiger partial charge in [-0.3, -0.25) is 9.59 Å². The highest BCUT2D eigenvalue weighted by Crippen LogP contribution is 2.46. The van der Waals surface area contributed by atoms with Gasteiger partial charge in [0.2, 0.25) is 5.91 Å². The second-order valence-corrected chi connectivity index (χ2v) is 7.98. The highest BCUT2D eigenvalue weighted by molar-refractivity contribution is 6.31. The monoisotopic (exact) mass is 420 g/mol. The molecule has 5 rings (SSSR count). The van der Waals surface area contributed by atoms with Gasteiger partial charge in [0.15, 0.2) is 0 Å². The van der Waals surface area contributed by atoms with Crippen LogP contribution in [0.3, 0.4) is 0 Å². The Morgan fingerprint density at radius 3 is 2.57 bits per heavy atom. The zero-order valence-corrected chi connectivity index (χ0v) is 16.7. The zero-order chi connectivity index (χ0) is 20.8. The Labute approximate surface area is 178 Å². The molecule has 0 spiro atoms. The number of anilines is 1. The fourth-order valence-electron chi connectivity index (χ4n) is 4.55. The van der Waals surface area contributed by atoms with E-state index in [-0.39, 0.29) is 16.8 Å². The number of nitrogens with zero attached hydrogens (tertiary/aromatic N) is 1. The smallest absolute Gasteiger partial charge is 0.254 e. The Morgan fingerprint density at radius 2 is 1.77 bits per heavy atom. The molecule has 0 aromatic heterocycles. The predicted molar refractivity (Wildman–Crippen MR) is 113 cm³/mol. The lowest BCUT2D eigenvalue weighted by Gasteiger charge is -2.45. The number of amides is 2. The number of hydrogen-bond donors (Lipinski definition) is 1. The fourth-order valence-corrected chi connectivity index (χ4v) is 4.73. The first-order valence-electron chi connectivity index (χ1n) is 9.78. The van der Waals surface area contributed by atoms with E-state index in [2.05, 4.69) is 5.32 Å². The van der Waals surface area contributed by atoms with E-state index in [1.165, 1.54) is 18.2 Å². The van der Waals surface area contributed by atoms with Gasteiger partial charge in [0.25, 0.3) is 5.91 Å². The third kappa shape index (κ3) is 2.97. The largest absolute Gasteiger partial charge is 0.330 e. The van der Waals surface area contributed by atoms with Crippen molar-refractivity contribution in [1.29, 1.82) is 0 Å². The molecule has 2 amide bonds. The van der Waals surface area contributed by atoms with Crippen LogP contribution in [0.25, 0.3) is 0 Å². The molecule has 0 fully saturated rings. The number of benzene rings is 3. The summed E-state index contributed by atoms with van der Waals surface area (Å²) in [6.45, 7) is 0.557. The first-order valence-corrected chi connectivity index (χ1v) is 10.2. The lowest BCUT2D eigenvalue weighted by molar-refractivity contribution is -0.119. The molecular formula is C24H18ClFN2O2. The zero-order valence-electron chi connectivity index (χ0n) is 15.9. The van der Waals surface area contributed by atoms with E-state index < -0.39 is 17.8 Å². The molecular weight excluding hydrogens is 403 g/mol. The number of hydrogen-bond acceptors (Lipinski definition) is 2. The maximum Gasteiger partial charge on any atom is 0.254 e. The number of rotatable bonds is 2. The number of halogens is 2. The van der Waals surface area contributed by atoms with E-state index in [0.717, 1.165) is 17.5 Å².